The second-order valence-corrected chi connectivity index (χ2v) is 7.02. The molecule has 0 spiro atoms. The van der Waals surface area contributed by atoms with E-state index in [2.05, 4.69) is 34.1 Å². The number of nitro groups is 1. The lowest BCUT2D eigenvalue weighted by atomic mass is 10.3. The van der Waals surface area contributed by atoms with Crippen LogP contribution < -0.4 is 5.32 Å². The molecule has 160 valence electrons. The van der Waals surface area contributed by atoms with E-state index in [0.29, 0.717) is 18.2 Å². The van der Waals surface area contributed by atoms with E-state index >= 15 is 0 Å². The third-order valence-electron chi connectivity index (χ3n) is 5.15. The molecule has 0 unspecified atom stereocenters. The maximum Gasteiger partial charge on any atom is 0.390 e. The number of amides is 1. The Morgan fingerprint density at radius 1 is 1.23 bits per heavy atom. The zero-order valence-electron chi connectivity index (χ0n) is 17.5. The fourth-order valence-corrected chi connectivity index (χ4v) is 3.38. The molecular weight excluding hydrogens is 386 g/mol. The zero-order valence-corrected chi connectivity index (χ0v) is 17.5. The quantitative estimate of drug-likeness (QED) is 0.404. The molecule has 0 saturated carbocycles. The Kier molecular flexibility index (Phi) is 6.78. The standard InChI is InChI=1S/C20H27N7O3/c1-4-24(5-2)12-13-25-17-9-7-6-8-16(17)21-20(25)22-19(28)10-11-26-15(3)14-18(23-26)27(29)30/h6-9,14H,4-5,10-13H2,1-3H3,(H,21,22,28). The van der Waals surface area contributed by atoms with Crippen molar-refractivity contribution in [1.82, 2.24) is 24.2 Å². The smallest absolute Gasteiger partial charge is 0.358 e. The van der Waals surface area contributed by atoms with E-state index in [1.165, 1.54) is 10.7 Å². The van der Waals surface area contributed by atoms with E-state index in [9.17, 15) is 14.9 Å². The van der Waals surface area contributed by atoms with Gasteiger partial charge in [0.2, 0.25) is 11.9 Å². The van der Waals surface area contributed by atoms with Crippen molar-refractivity contribution < 1.29 is 9.72 Å². The molecule has 10 heteroatoms. The van der Waals surface area contributed by atoms with Gasteiger partial charge < -0.3 is 19.6 Å². The van der Waals surface area contributed by atoms with Crippen molar-refractivity contribution in [2.24, 2.45) is 0 Å². The van der Waals surface area contributed by atoms with Gasteiger partial charge in [0, 0.05) is 19.5 Å². The fourth-order valence-electron chi connectivity index (χ4n) is 3.38. The number of anilines is 1. The maximum absolute atomic E-state index is 12.6. The first-order chi connectivity index (χ1) is 14.4. The van der Waals surface area contributed by atoms with Crippen LogP contribution in [0.3, 0.4) is 0 Å². The fraction of sp³-hybridized carbons (Fsp3) is 0.450. The Labute approximate surface area is 174 Å². The molecule has 2 aromatic heterocycles. The first-order valence-corrected chi connectivity index (χ1v) is 10.1. The summed E-state index contributed by atoms with van der Waals surface area (Å²) < 4.78 is 3.50. The molecule has 0 saturated heterocycles. The zero-order chi connectivity index (χ0) is 21.7. The summed E-state index contributed by atoms with van der Waals surface area (Å²) in [7, 11) is 0. The molecule has 0 atom stereocenters. The summed E-state index contributed by atoms with van der Waals surface area (Å²) in [5.41, 5.74) is 2.44. The predicted octanol–water partition coefficient (Wildman–Crippen LogP) is 2.82. The van der Waals surface area contributed by atoms with Crippen molar-refractivity contribution in [2.75, 3.05) is 25.0 Å². The molecule has 3 rings (SSSR count). The van der Waals surface area contributed by atoms with Crippen LogP contribution in [0.2, 0.25) is 0 Å². The minimum atomic E-state index is -0.540. The van der Waals surface area contributed by atoms with Gasteiger partial charge in [-0.1, -0.05) is 26.0 Å². The number of imidazole rings is 1. The van der Waals surface area contributed by atoms with Crippen molar-refractivity contribution >= 4 is 28.7 Å². The molecule has 1 amide bonds. The minimum Gasteiger partial charge on any atom is -0.358 e. The van der Waals surface area contributed by atoms with Crippen LogP contribution in [0.5, 0.6) is 0 Å². The Hall–Kier alpha value is -3.27. The topological polar surface area (TPSA) is 111 Å². The first-order valence-electron chi connectivity index (χ1n) is 10.1. The van der Waals surface area contributed by atoms with Crippen LogP contribution in [0.25, 0.3) is 11.0 Å². The molecule has 10 nitrogen and oxygen atoms in total. The summed E-state index contributed by atoms with van der Waals surface area (Å²) in [6, 6.07) is 9.18. The van der Waals surface area contributed by atoms with Gasteiger partial charge in [0.1, 0.15) is 0 Å². The highest BCUT2D eigenvalue weighted by molar-refractivity contribution is 5.91. The number of nitrogens with zero attached hydrogens (tertiary/aromatic N) is 6. The summed E-state index contributed by atoms with van der Waals surface area (Å²) in [5.74, 6) is 0.0783. The molecule has 2 heterocycles. The largest absolute Gasteiger partial charge is 0.390 e. The normalized spacial score (nSPS) is 11.3. The Morgan fingerprint density at radius 3 is 2.63 bits per heavy atom. The van der Waals surface area contributed by atoms with Gasteiger partial charge in [-0.15, -0.1) is 0 Å². The lowest BCUT2D eigenvalue weighted by Gasteiger charge is -2.19. The summed E-state index contributed by atoms with van der Waals surface area (Å²) in [6.45, 7) is 9.71. The van der Waals surface area contributed by atoms with Crippen molar-refractivity contribution in [3.05, 3.63) is 46.1 Å². The molecule has 1 N–H and O–H groups in total. The number of aryl methyl sites for hydroxylation is 2. The van der Waals surface area contributed by atoms with E-state index in [0.717, 1.165) is 30.7 Å². The summed E-state index contributed by atoms with van der Waals surface area (Å²) in [4.78, 5) is 29.8. The summed E-state index contributed by atoms with van der Waals surface area (Å²) >= 11 is 0. The average molecular weight is 413 g/mol. The second-order valence-electron chi connectivity index (χ2n) is 7.02. The van der Waals surface area contributed by atoms with Crippen LogP contribution in [0, 0.1) is 17.0 Å². The van der Waals surface area contributed by atoms with Gasteiger partial charge in [-0.25, -0.2) is 4.98 Å². The van der Waals surface area contributed by atoms with Gasteiger partial charge >= 0.3 is 5.82 Å². The van der Waals surface area contributed by atoms with Crippen molar-refractivity contribution in [3.63, 3.8) is 0 Å². The number of likely N-dealkylation sites (N-methyl/N-ethyl adjacent to an activating group) is 1. The molecule has 0 aliphatic rings. The highest BCUT2D eigenvalue weighted by Crippen LogP contribution is 2.20. The third-order valence-corrected chi connectivity index (χ3v) is 5.15. The Morgan fingerprint density at radius 2 is 1.97 bits per heavy atom. The third kappa shape index (κ3) is 4.82. The van der Waals surface area contributed by atoms with Crippen LogP contribution in [0.15, 0.2) is 30.3 Å². The lowest BCUT2D eigenvalue weighted by molar-refractivity contribution is -0.389. The monoisotopic (exact) mass is 413 g/mol. The van der Waals surface area contributed by atoms with E-state index in [1.807, 2.05) is 28.8 Å². The van der Waals surface area contributed by atoms with Gasteiger partial charge in [-0.05, 0) is 37.1 Å². The van der Waals surface area contributed by atoms with Gasteiger partial charge in [-0.2, -0.15) is 4.68 Å². The molecule has 1 aromatic carbocycles. The summed E-state index contributed by atoms with van der Waals surface area (Å²) in [6.07, 6.45) is 0.138. The van der Waals surface area contributed by atoms with Crippen LogP contribution in [-0.2, 0) is 17.9 Å². The molecule has 3 aromatic rings. The van der Waals surface area contributed by atoms with E-state index in [1.54, 1.807) is 6.92 Å². The molecular formula is C20H27N7O3. The molecule has 0 radical (unpaired) electrons. The van der Waals surface area contributed by atoms with Gasteiger partial charge in [0.25, 0.3) is 0 Å². The number of carbonyl (C=O) groups is 1. The Bertz CT molecular complexity index is 1040. The predicted molar refractivity (Wildman–Crippen MR) is 114 cm³/mol. The SMILES string of the molecule is CCN(CC)CCn1c(NC(=O)CCn2nc([N+](=O)[O-])cc2C)nc2ccccc21. The van der Waals surface area contributed by atoms with Crippen LogP contribution in [-0.4, -0.2) is 54.7 Å². The molecule has 0 bridgehead atoms. The molecule has 30 heavy (non-hydrogen) atoms. The van der Waals surface area contributed by atoms with Crippen molar-refractivity contribution in [2.45, 2.75) is 40.3 Å². The van der Waals surface area contributed by atoms with Gasteiger partial charge in [0.15, 0.2) is 0 Å². The number of aromatic nitrogens is 4. The lowest BCUT2D eigenvalue weighted by Crippen LogP contribution is -2.28. The number of fused-ring (bicyclic) bond motifs is 1. The Balaban J connectivity index is 1.72. The van der Waals surface area contributed by atoms with E-state index < -0.39 is 4.92 Å². The minimum absolute atomic E-state index is 0.138. The number of benzene rings is 1. The maximum atomic E-state index is 12.6. The highest BCUT2D eigenvalue weighted by Gasteiger charge is 2.17. The first kappa shape index (κ1) is 21.4. The van der Waals surface area contributed by atoms with Crippen molar-refractivity contribution in [1.29, 1.82) is 0 Å². The second kappa shape index (κ2) is 9.49. The highest BCUT2D eigenvalue weighted by atomic mass is 16.6. The molecule has 0 aliphatic heterocycles. The number of para-hydroxylation sites is 2. The van der Waals surface area contributed by atoms with Crippen LogP contribution >= 0.6 is 0 Å². The number of hydrogen-bond donors (Lipinski definition) is 1. The van der Waals surface area contributed by atoms with Gasteiger partial charge in [-0.3, -0.25) is 10.1 Å². The summed E-state index contributed by atoms with van der Waals surface area (Å²) in [5, 5.41) is 17.7. The number of hydrogen-bond acceptors (Lipinski definition) is 6. The van der Waals surface area contributed by atoms with Gasteiger partial charge in [0.05, 0.1) is 34.4 Å². The van der Waals surface area contributed by atoms with E-state index in [4.69, 9.17) is 0 Å². The molecule has 0 fully saturated rings. The average Bonchev–Trinajstić information content (AvgIpc) is 3.27. The number of rotatable bonds is 10. The number of carbonyl (C=O) groups excluding carboxylic acids is 1. The van der Waals surface area contributed by atoms with Crippen LogP contribution in [0.1, 0.15) is 26.0 Å². The molecule has 0 aliphatic carbocycles. The van der Waals surface area contributed by atoms with Crippen LogP contribution in [0.4, 0.5) is 11.8 Å². The van der Waals surface area contributed by atoms with E-state index in [-0.39, 0.29) is 24.7 Å². The van der Waals surface area contributed by atoms with Crippen molar-refractivity contribution in [3.8, 4) is 0 Å². The number of nitrogens with one attached hydrogen (secondary N) is 1.